The molecular weight excluding hydrogens is 339 g/mol. The molecule has 0 aliphatic carbocycles. The van der Waals surface area contributed by atoms with Crippen molar-refractivity contribution in [3.8, 4) is 5.75 Å². The summed E-state index contributed by atoms with van der Waals surface area (Å²) in [5.41, 5.74) is 0.619. The number of carbonyl (C=O) groups is 1. The second-order valence-electron chi connectivity index (χ2n) is 5.61. The van der Waals surface area contributed by atoms with Gasteiger partial charge in [-0.2, -0.15) is 18.3 Å². The molecule has 0 radical (unpaired) electrons. The van der Waals surface area contributed by atoms with E-state index >= 15 is 0 Å². The van der Waals surface area contributed by atoms with Gasteiger partial charge in [0.25, 0.3) is 0 Å². The van der Waals surface area contributed by atoms with E-state index in [1.807, 2.05) is 0 Å². The van der Waals surface area contributed by atoms with Gasteiger partial charge < -0.3 is 14.8 Å². The molecule has 2 aromatic rings. The van der Waals surface area contributed by atoms with Gasteiger partial charge in [-0.05, 0) is 17.7 Å². The fourth-order valence-corrected chi connectivity index (χ4v) is 2.88. The van der Waals surface area contributed by atoms with Gasteiger partial charge in [0.1, 0.15) is 17.1 Å². The third-order valence-electron chi connectivity index (χ3n) is 4.16. The van der Waals surface area contributed by atoms with Crippen LogP contribution in [0.2, 0.25) is 0 Å². The van der Waals surface area contributed by atoms with E-state index in [1.165, 1.54) is 7.11 Å². The molecule has 2 heterocycles. The Labute approximate surface area is 141 Å². The highest BCUT2D eigenvalue weighted by Gasteiger charge is 2.47. The number of anilines is 1. The van der Waals surface area contributed by atoms with Gasteiger partial charge in [0.2, 0.25) is 0 Å². The SMILES string of the molecule is COC(=O)c1cnn2c1N[C@@H](c1ccc(OC)cc1)C[C@@H]2C(F)(F)F. The first kappa shape index (κ1) is 17.1. The molecule has 1 N–H and O–H groups in total. The van der Waals surface area contributed by atoms with Gasteiger partial charge in [-0.25, -0.2) is 9.48 Å². The van der Waals surface area contributed by atoms with Crippen LogP contribution in [0.25, 0.3) is 0 Å². The van der Waals surface area contributed by atoms with Crippen LogP contribution in [0.4, 0.5) is 19.0 Å². The summed E-state index contributed by atoms with van der Waals surface area (Å²) in [6.07, 6.45) is -3.66. The zero-order chi connectivity index (χ0) is 18.2. The molecule has 6 nitrogen and oxygen atoms in total. The molecule has 1 aromatic heterocycles. The molecule has 2 atom stereocenters. The number of hydrogen-bond donors (Lipinski definition) is 1. The topological polar surface area (TPSA) is 65.4 Å². The fraction of sp³-hybridized carbons (Fsp3) is 0.375. The zero-order valence-electron chi connectivity index (χ0n) is 13.5. The normalized spacial score (nSPS) is 19.7. The van der Waals surface area contributed by atoms with Gasteiger partial charge in [-0.1, -0.05) is 12.1 Å². The van der Waals surface area contributed by atoms with Gasteiger partial charge in [0.15, 0.2) is 6.04 Å². The number of alkyl halides is 3. The van der Waals surface area contributed by atoms with Crippen molar-refractivity contribution >= 4 is 11.8 Å². The first-order valence-corrected chi connectivity index (χ1v) is 7.48. The molecule has 1 aliphatic rings. The van der Waals surface area contributed by atoms with Crippen LogP contribution in [0.1, 0.15) is 34.4 Å². The summed E-state index contributed by atoms with van der Waals surface area (Å²) in [4.78, 5) is 11.8. The smallest absolute Gasteiger partial charge is 0.410 e. The highest BCUT2D eigenvalue weighted by atomic mass is 19.4. The number of nitrogens with zero attached hydrogens (tertiary/aromatic N) is 2. The summed E-state index contributed by atoms with van der Waals surface area (Å²) < 4.78 is 51.0. The van der Waals surface area contributed by atoms with E-state index in [0.717, 1.165) is 18.0 Å². The standard InChI is InChI=1S/C16H16F3N3O3/c1-24-10-5-3-9(4-6-10)12-7-13(16(17,18)19)22-14(21-12)11(8-20-22)15(23)25-2/h3-6,8,12-13,21H,7H2,1-2H3/t12-,13-/m1/s1. The lowest BCUT2D eigenvalue weighted by atomic mass is 9.96. The summed E-state index contributed by atoms with van der Waals surface area (Å²) in [7, 11) is 2.67. The number of halogens is 3. The molecule has 9 heteroatoms. The van der Waals surface area contributed by atoms with Crippen LogP contribution < -0.4 is 10.1 Å². The van der Waals surface area contributed by atoms with E-state index in [1.54, 1.807) is 24.3 Å². The van der Waals surface area contributed by atoms with E-state index in [-0.39, 0.29) is 17.8 Å². The van der Waals surface area contributed by atoms with E-state index in [4.69, 9.17) is 4.74 Å². The van der Waals surface area contributed by atoms with Crippen LogP contribution in [0.15, 0.2) is 30.5 Å². The van der Waals surface area contributed by atoms with E-state index in [9.17, 15) is 18.0 Å². The molecule has 25 heavy (non-hydrogen) atoms. The quantitative estimate of drug-likeness (QED) is 0.856. The number of esters is 1. The average Bonchev–Trinajstić information content (AvgIpc) is 3.03. The van der Waals surface area contributed by atoms with E-state index in [2.05, 4.69) is 15.2 Å². The number of fused-ring (bicyclic) bond motifs is 1. The number of benzene rings is 1. The van der Waals surface area contributed by atoms with Crippen molar-refractivity contribution in [3.05, 3.63) is 41.6 Å². The minimum atomic E-state index is -4.50. The molecule has 0 bridgehead atoms. The monoisotopic (exact) mass is 355 g/mol. The lowest BCUT2D eigenvalue weighted by Crippen LogP contribution is -2.36. The average molecular weight is 355 g/mol. The molecule has 0 spiro atoms. The summed E-state index contributed by atoms with van der Waals surface area (Å²) in [5, 5.41) is 6.72. The van der Waals surface area contributed by atoms with Crippen molar-refractivity contribution in [2.75, 3.05) is 19.5 Å². The van der Waals surface area contributed by atoms with Crippen molar-refractivity contribution < 1.29 is 27.4 Å². The van der Waals surface area contributed by atoms with Crippen molar-refractivity contribution in [1.82, 2.24) is 9.78 Å². The Bertz CT molecular complexity index is 771. The largest absolute Gasteiger partial charge is 0.497 e. The molecule has 3 rings (SSSR count). The predicted octanol–water partition coefficient (Wildman–Crippen LogP) is 3.34. The van der Waals surface area contributed by atoms with Crippen molar-refractivity contribution in [3.63, 3.8) is 0 Å². The second kappa shape index (κ2) is 6.30. The number of carbonyl (C=O) groups excluding carboxylic acids is 1. The van der Waals surface area contributed by atoms with Crippen LogP contribution in [0, 0.1) is 0 Å². The first-order chi connectivity index (χ1) is 11.8. The zero-order valence-corrected chi connectivity index (χ0v) is 13.5. The van der Waals surface area contributed by atoms with Gasteiger partial charge in [0, 0.05) is 6.42 Å². The van der Waals surface area contributed by atoms with Gasteiger partial charge in [-0.3, -0.25) is 0 Å². The molecule has 1 aliphatic heterocycles. The van der Waals surface area contributed by atoms with Crippen LogP contribution in [-0.2, 0) is 4.74 Å². The van der Waals surface area contributed by atoms with Gasteiger partial charge >= 0.3 is 12.1 Å². The van der Waals surface area contributed by atoms with E-state index < -0.39 is 24.2 Å². The number of methoxy groups -OCH3 is 2. The van der Waals surface area contributed by atoms with Crippen LogP contribution in [-0.4, -0.2) is 36.1 Å². The molecule has 0 saturated heterocycles. The molecule has 134 valence electrons. The summed E-state index contributed by atoms with van der Waals surface area (Å²) in [6.45, 7) is 0. The maximum atomic E-state index is 13.5. The van der Waals surface area contributed by atoms with Crippen LogP contribution in [0.3, 0.4) is 0 Å². The minimum absolute atomic E-state index is 0.00115. The van der Waals surface area contributed by atoms with Gasteiger partial charge in [0.05, 0.1) is 26.5 Å². The number of ether oxygens (including phenoxy) is 2. The first-order valence-electron chi connectivity index (χ1n) is 7.48. The molecule has 0 fully saturated rings. The Morgan fingerprint density at radius 1 is 1.28 bits per heavy atom. The van der Waals surface area contributed by atoms with Crippen LogP contribution >= 0.6 is 0 Å². The fourth-order valence-electron chi connectivity index (χ4n) is 2.88. The number of hydrogen-bond acceptors (Lipinski definition) is 5. The maximum absolute atomic E-state index is 13.5. The van der Waals surface area contributed by atoms with Gasteiger partial charge in [-0.15, -0.1) is 0 Å². The highest BCUT2D eigenvalue weighted by molar-refractivity contribution is 5.94. The summed E-state index contributed by atoms with van der Waals surface area (Å²) in [6, 6.07) is 4.25. The lowest BCUT2D eigenvalue weighted by Gasteiger charge is -2.34. The minimum Gasteiger partial charge on any atom is -0.497 e. The number of aromatic nitrogens is 2. The Morgan fingerprint density at radius 3 is 2.52 bits per heavy atom. The maximum Gasteiger partial charge on any atom is 0.410 e. The third-order valence-corrected chi connectivity index (χ3v) is 4.16. The molecule has 0 amide bonds. The number of rotatable bonds is 3. The lowest BCUT2D eigenvalue weighted by molar-refractivity contribution is -0.173. The van der Waals surface area contributed by atoms with E-state index in [0.29, 0.717) is 11.3 Å². The number of nitrogens with one attached hydrogen (secondary N) is 1. The third kappa shape index (κ3) is 3.13. The molecular formula is C16H16F3N3O3. The predicted molar refractivity (Wildman–Crippen MR) is 82.6 cm³/mol. The van der Waals surface area contributed by atoms with Crippen LogP contribution in [0.5, 0.6) is 5.75 Å². The van der Waals surface area contributed by atoms with Crippen molar-refractivity contribution in [1.29, 1.82) is 0 Å². The second-order valence-corrected chi connectivity index (χ2v) is 5.61. The summed E-state index contributed by atoms with van der Waals surface area (Å²) in [5.74, 6) is -0.140. The Morgan fingerprint density at radius 2 is 1.96 bits per heavy atom. The summed E-state index contributed by atoms with van der Waals surface area (Å²) >= 11 is 0. The molecule has 0 unspecified atom stereocenters. The highest BCUT2D eigenvalue weighted by Crippen LogP contribution is 2.44. The molecule has 0 saturated carbocycles. The Balaban J connectivity index is 2.01. The Hall–Kier alpha value is -2.71. The Kier molecular flexibility index (Phi) is 4.32. The van der Waals surface area contributed by atoms with Crippen molar-refractivity contribution in [2.45, 2.75) is 24.7 Å². The molecule has 1 aromatic carbocycles. The van der Waals surface area contributed by atoms with Crippen molar-refractivity contribution in [2.24, 2.45) is 0 Å².